The van der Waals surface area contributed by atoms with Crippen molar-refractivity contribution >= 4 is 21.4 Å². The monoisotopic (exact) mass is 388 g/mol. The quantitative estimate of drug-likeness (QED) is 0.804. The first kappa shape index (κ1) is 19.2. The molecule has 1 fully saturated rings. The van der Waals surface area contributed by atoms with E-state index in [2.05, 4.69) is 4.90 Å². The Bertz CT molecular complexity index is 948. The van der Waals surface area contributed by atoms with E-state index in [1.807, 2.05) is 31.2 Å². The van der Waals surface area contributed by atoms with Crippen LogP contribution in [0.3, 0.4) is 0 Å². The van der Waals surface area contributed by atoms with Gasteiger partial charge in [-0.15, -0.1) is 0 Å². The molecule has 0 bridgehead atoms. The highest BCUT2D eigenvalue weighted by molar-refractivity contribution is 7.90. The first-order valence-corrected chi connectivity index (χ1v) is 10.7. The van der Waals surface area contributed by atoms with Crippen molar-refractivity contribution in [2.45, 2.75) is 11.8 Å². The highest BCUT2D eigenvalue weighted by Crippen LogP contribution is 2.28. The predicted octanol–water partition coefficient (Wildman–Crippen LogP) is 2.37. The van der Waals surface area contributed by atoms with E-state index in [4.69, 9.17) is 4.74 Å². The van der Waals surface area contributed by atoms with E-state index < -0.39 is 9.84 Å². The fraction of sp³-hybridized carbons (Fsp3) is 0.350. The van der Waals surface area contributed by atoms with Crippen molar-refractivity contribution in [3.05, 3.63) is 53.6 Å². The first-order chi connectivity index (χ1) is 12.8. The van der Waals surface area contributed by atoms with Crippen LogP contribution >= 0.6 is 0 Å². The molecule has 0 spiro atoms. The molecule has 144 valence electrons. The van der Waals surface area contributed by atoms with Gasteiger partial charge in [-0.25, -0.2) is 8.42 Å². The number of anilines is 1. The van der Waals surface area contributed by atoms with Gasteiger partial charge in [-0.1, -0.05) is 18.2 Å². The number of para-hydroxylation sites is 2. The highest BCUT2D eigenvalue weighted by atomic mass is 32.2. The largest absolute Gasteiger partial charge is 0.495 e. The van der Waals surface area contributed by atoms with E-state index in [0.717, 1.165) is 23.3 Å². The molecule has 0 unspecified atom stereocenters. The van der Waals surface area contributed by atoms with Crippen molar-refractivity contribution in [3.8, 4) is 5.75 Å². The molecule has 2 aromatic rings. The molecule has 0 N–H and O–H groups in total. The predicted molar refractivity (Wildman–Crippen MR) is 105 cm³/mol. The molecule has 1 amide bonds. The summed E-state index contributed by atoms with van der Waals surface area (Å²) in [5.74, 6) is 0.687. The molecule has 6 nitrogen and oxygen atoms in total. The van der Waals surface area contributed by atoms with Gasteiger partial charge in [0.2, 0.25) is 0 Å². The molecule has 0 radical (unpaired) electrons. The molecule has 1 aliphatic heterocycles. The molecular weight excluding hydrogens is 364 g/mol. The Morgan fingerprint density at radius 2 is 1.70 bits per heavy atom. The van der Waals surface area contributed by atoms with E-state index in [0.29, 0.717) is 31.7 Å². The van der Waals surface area contributed by atoms with Crippen LogP contribution in [-0.2, 0) is 9.84 Å². The number of sulfone groups is 1. The summed E-state index contributed by atoms with van der Waals surface area (Å²) in [6, 6.07) is 12.5. The lowest BCUT2D eigenvalue weighted by atomic mass is 10.1. The fourth-order valence-corrected chi connectivity index (χ4v) is 3.92. The van der Waals surface area contributed by atoms with Gasteiger partial charge >= 0.3 is 0 Å². The lowest BCUT2D eigenvalue weighted by Gasteiger charge is -2.36. The third-order valence-electron chi connectivity index (χ3n) is 4.86. The second kappa shape index (κ2) is 7.60. The number of methoxy groups -OCH3 is 1. The van der Waals surface area contributed by atoms with Gasteiger partial charge in [-0.05, 0) is 36.8 Å². The molecule has 2 aromatic carbocycles. The van der Waals surface area contributed by atoms with Gasteiger partial charge in [0, 0.05) is 38.0 Å². The number of rotatable bonds is 4. The topological polar surface area (TPSA) is 66.9 Å². The summed E-state index contributed by atoms with van der Waals surface area (Å²) in [6.07, 6.45) is 1.15. The molecule has 3 rings (SSSR count). The van der Waals surface area contributed by atoms with Crippen LogP contribution in [0.15, 0.2) is 47.4 Å². The number of nitrogens with zero attached hydrogens (tertiary/aromatic N) is 2. The molecule has 1 aliphatic rings. The van der Waals surface area contributed by atoms with Crippen molar-refractivity contribution in [1.29, 1.82) is 0 Å². The summed E-state index contributed by atoms with van der Waals surface area (Å²) >= 11 is 0. The van der Waals surface area contributed by atoms with Crippen LogP contribution in [0.2, 0.25) is 0 Å². The van der Waals surface area contributed by atoms with Crippen molar-refractivity contribution in [3.63, 3.8) is 0 Å². The average molecular weight is 388 g/mol. The standard InChI is InChI=1S/C20H24N2O4S/c1-15-8-9-16(27(3,24)25)14-17(15)20(23)22-12-10-21(11-13-22)18-6-4-5-7-19(18)26-2/h4-9,14H,10-13H2,1-3H3. The lowest BCUT2D eigenvalue weighted by molar-refractivity contribution is 0.0745. The van der Waals surface area contributed by atoms with E-state index in [-0.39, 0.29) is 10.8 Å². The number of piperazine rings is 1. The highest BCUT2D eigenvalue weighted by Gasteiger charge is 2.25. The van der Waals surface area contributed by atoms with Crippen LogP contribution < -0.4 is 9.64 Å². The van der Waals surface area contributed by atoms with Crippen molar-refractivity contribution in [1.82, 2.24) is 4.90 Å². The van der Waals surface area contributed by atoms with Crippen molar-refractivity contribution < 1.29 is 17.9 Å². The zero-order chi connectivity index (χ0) is 19.6. The maximum atomic E-state index is 13.0. The van der Waals surface area contributed by atoms with Crippen LogP contribution in [0.25, 0.3) is 0 Å². The summed E-state index contributed by atoms with van der Waals surface area (Å²) < 4.78 is 29.0. The van der Waals surface area contributed by atoms with Gasteiger partial charge in [0.15, 0.2) is 9.84 Å². The minimum atomic E-state index is -3.35. The van der Waals surface area contributed by atoms with Gasteiger partial charge in [0.05, 0.1) is 17.7 Å². The number of carbonyl (C=O) groups is 1. The number of hydrogen-bond acceptors (Lipinski definition) is 5. The summed E-state index contributed by atoms with van der Waals surface area (Å²) in [7, 11) is -1.70. The van der Waals surface area contributed by atoms with Gasteiger partial charge in [0.25, 0.3) is 5.91 Å². The average Bonchev–Trinajstić information content (AvgIpc) is 2.67. The minimum absolute atomic E-state index is 0.127. The normalized spacial score (nSPS) is 14.9. The Kier molecular flexibility index (Phi) is 5.41. The third-order valence-corrected chi connectivity index (χ3v) is 5.97. The van der Waals surface area contributed by atoms with Gasteiger partial charge in [-0.2, -0.15) is 0 Å². The second-order valence-corrected chi connectivity index (χ2v) is 8.72. The number of aryl methyl sites for hydroxylation is 1. The molecule has 27 heavy (non-hydrogen) atoms. The van der Waals surface area contributed by atoms with E-state index >= 15 is 0 Å². The molecule has 0 aliphatic carbocycles. The fourth-order valence-electron chi connectivity index (χ4n) is 3.27. The Balaban J connectivity index is 1.76. The summed E-state index contributed by atoms with van der Waals surface area (Å²) in [5, 5.41) is 0. The van der Waals surface area contributed by atoms with Crippen LogP contribution in [-0.4, -0.2) is 58.8 Å². The van der Waals surface area contributed by atoms with Crippen LogP contribution in [0.1, 0.15) is 15.9 Å². The Morgan fingerprint density at radius 3 is 2.33 bits per heavy atom. The molecule has 1 heterocycles. The summed E-state index contributed by atoms with van der Waals surface area (Å²) in [6.45, 7) is 4.34. The number of benzene rings is 2. The van der Waals surface area contributed by atoms with Crippen LogP contribution in [0.5, 0.6) is 5.75 Å². The first-order valence-electron chi connectivity index (χ1n) is 8.79. The van der Waals surface area contributed by atoms with Gasteiger partial charge < -0.3 is 14.5 Å². The number of hydrogen-bond donors (Lipinski definition) is 0. The summed E-state index contributed by atoms with van der Waals surface area (Å²) in [4.78, 5) is 17.1. The van der Waals surface area contributed by atoms with Gasteiger partial charge in [-0.3, -0.25) is 4.79 Å². The number of amides is 1. The molecule has 0 atom stereocenters. The Labute approximate surface area is 160 Å². The zero-order valence-electron chi connectivity index (χ0n) is 15.8. The number of carbonyl (C=O) groups excluding carboxylic acids is 1. The molecule has 0 saturated carbocycles. The Hall–Kier alpha value is -2.54. The Morgan fingerprint density at radius 1 is 1.04 bits per heavy atom. The molecule has 1 saturated heterocycles. The smallest absolute Gasteiger partial charge is 0.254 e. The second-order valence-electron chi connectivity index (χ2n) is 6.70. The lowest BCUT2D eigenvalue weighted by Crippen LogP contribution is -2.49. The van der Waals surface area contributed by atoms with Crippen molar-refractivity contribution in [2.24, 2.45) is 0 Å². The van der Waals surface area contributed by atoms with Crippen LogP contribution in [0.4, 0.5) is 5.69 Å². The van der Waals surface area contributed by atoms with E-state index in [1.54, 1.807) is 24.1 Å². The van der Waals surface area contributed by atoms with E-state index in [1.165, 1.54) is 6.07 Å². The van der Waals surface area contributed by atoms with Crippen LogP contribution in [0, 0.1) is 6.92 Å². The SMILES string of the molecule is COc1ccccc1N1CCN(C(=O)c2cc(S(C)(=O)=O)ccc2C)CC1. The van der Waals surface area contributed by atoms with E-state index in [9.17, 15) is 13.2 Å². The number of ether oxygens (including phenoxy) is 1. The minimum Gasteiger partial charge on any atom is -0.495 e. The van der Waals surface area contributed by atoms with Crippen molar-refractivity contribution in [2.75, 3.05) is 44.4 Å². The maximum Gasteiger partial charge on any atom is 0.254 e. The third kappa shape index (κ3) is 4.08. The molecule has 7 heteroatoms. The maximum absolute atomic E-state index is 13.0. The summed E-state index contributed by atoms with van der Waals surface area (Å²) in [5.41, 5.74) is 2.24. The molecular formula is C20H24N2O4S. The van der Waals surface area contributed by atoms with Gasteiger partial charge in [0.1, 0.15) is 5.75 Å². The zero-order valence-corrected chi connectivity index (χ0v) is 16.6. The molecule has 0 aromatic heterocycles.